The predicted molar refractivity (Wildman–Crippen MR) is 62.3 cm³/mol. The maximum Gasteiger partial charge on any atom is 0.411 e. The maximum absolute atomic E-state index is 11.7. The molecule has 0 saturated heterocycles. The standard InChI is InChI=1S/C11H21F3N2O2/c1-10(2,3)16-9(17)4-5-15-6-7-18-8-11(12,13)14/h15H,4-8H2,1-3H3,(H,16,17). The van der Waals surface area contributed by atoms with Crippen molar-refractivity contribution in [3.8, 4) is 0 Å². The summed E-state index contributed by atoms with van der Waals surface area (Å²) in [7, 11) is 0. The molecule has 0 aromatic carbocycles. The molecule has 0 aliphatic carbocycles. The Bertz CT molecular complexity index is 250. The first-order chi connectivity index (χ1) is 8.10. The summed E-state index contributed by atoms with van der Waals surface area (Å²) >= 11 is 0. The van der Waals surface area contributed by atoms with Crippen LogP contribution >= 0.6 is 0 Å². The molecule has 2 N–H and O–H groups in total. The summed E-state index contributed by atoms with van der Waals surface area (Å²) in [4.78, 5) is 11.3. The summed E-state index contributed by atoms with van der Waals surface area (Å²) in [5.41, 5.74) is -0.271. The van der Waals surface area contributed by atoms with E-state index < -0.39 is 12.8 Å². The largest absolute Gasteiger partial charge is 0.411 e. The highest BCUT2D eigenvalue weighted by atomic mass is 19.4. The molecule has 0 heterocycles. The first-order valence-corrected chi connectivity index (χ1v) is 5.76. The second-order valence-corrected chi connectivity index (χ2v) is 4.97. The lowest BCUT2D eigenvalue weighted by Crippen LogP contribution is -2.41. The molecule has 0 fully saturated rings. The SMILES string of the molecule is CC(C)(C)NC(=O)CCNCCOCC(F)(F)F. The van der Waals surface area contributed by atoms with Gasteiger partial charge in [0.2, 0.25) is 5.91 Å². The Labute approximate surface area is 105 Å². The Kier molecular flexibility index (Phi) is 7.23. The minimum absolute atomic E-state index is 0.0274. The smallest absolute Gasteiger partial charge is 0.371 e. The number of halogens is 3. The molecular weight excluding hydrogens is 249 g/mol. The quantitative estimate of drug-likeness (QED) is 0.689. The van der Waals surface area contributed by atoms with E-state index in [0.717, 1.165) is 0 Å². The molecule has 18 heavy (non-hydrogen) atoms. The van der Waals surface area contributed by atoms with Gasteiger partial charge >= 0.3 is 6.18 Å². The van der Waals surface area contributed by atoms with Gasteiger partial charge in [0, 0.05) is 25.0 Å². The Morgan fingerprint density at radius 2 is 1.78 bits per heavy atom. The second kappa shape index (κ2) is 7.58. The molecule has 0 radical (unpaired) electrons. The third-order valence-corrected chi connectivity index (χ3v) is 1.73. The summed E-state index contributed by atoms with van der Waals surface area (Å²) in [6.07, 6.45) is -4.00. The van der Waals surface area contributed by atoms with E-state index in [2.05, 4.69) is 15.4 Å². The van der Waals surface area contributed by atoms with Crippen LogP contribution in [-0.2, 0) is 9.53 Å². The second-order valence-electron chi connectivity index (χ2n) is 4.97. The first-order valence-electron chi connectivity index (χ1n) is 5.76. The molecule has 0 spiro atoms. The van der Waals surface area contributed by atoms with Crippen LogP contribution in [0.3, 0.4) is 0 Å². The average molecular weight is 270 g/mol. The molecule has 0 saturated carbocycles. The number of rotatable bonds is 7. The zero-order valence-electron chi connectivity index (χ0n) is 11.0. The normalized spacial score (nSPS) is 12.6. The summed E-state index contributed by atoms with van der Waals surface area (Å²) < 4.78 is 39.5. The van der Waals surface area contributed by atoms with Crippen molar-refractivity contribution in [2.45, 2.75) is 38.9 Å². The number of hydrogen-bond donors (Lipinski definition) is 2. The highest BCUT2D eigenvalue weighted by Crippen LogP contribution is 2.13. The van der Waals surface area contributed by atoms with Gasteiger partial charge in [0.1, 0.15) is 6.61 Å². The van der Waals surface area contributed by atoms with Crippen LogP contribution in [0.15, 0.2) is 0 Å². The fraction of sp³-hybridized carbons (Fsp3) is 0.909. The highest BCUT2D eigenvalue weighted by molar-refractivity contribution is 5.76. The number of nitrogens with one attached hydrogen (secondary N) is 2. The topological polar surface area (TPSA) is 50.4 Å². The highest BCUT2D eigenvalue weighted by Gasteiger charge is 2.27. The molecule has 0 rings (SSSR count). The molecule has 0 aliphatic rings. The molecule has 0 aliphatic heterocycles. The van der Waals surface area contributed by atoms with Crippen molar-refractivity contribution >= 4 is 5.91 Å². The van der Waals surface area contributed by atoms with Crippen molar-refractivity contribution in [2.75, 3.05) is 26.3 Å². The monoisotopic (exact) mass is 270 g/mol. The van der Waals surface area contributed by atoms with Crippen LogP contribution in [0.5, 0.6) is 0 Å². The summed E-state index contributed by atoms with van der Waals surface area (Å²) in [5.74, 6) is -0.0915. The number of carbonyl (C=O) groups excluding carboxylic acids is 1. The van der Waals surface area contributed by atoms with Crippen LogP contribution in [0.2, 0.25) is 0 Å². The van der Waals surface area contributed by atoms with Crippen LogP contribution in [0.1, 0.15) is 27.2 Å². The maximum atomic E-state index is 11.7. The molecule has 0 atom stereocenters. The van der Waals surface area contributed by atoms with E-state index in [1.165, 1.54) is 0 Å². The van der Waals surface area contributed by atoms with E-state index in [-0.39, 0.29) is 24.5 Å². The minimum atomic E-state index is -4.29. The summed E-state index contributed by atoms with van der Waals surface area (Å²) in [5, 5.41) is 5.62. The number of carbonyl (C=O) groups is 1. The van der Waals surface area contributed by atoms with Gasteiger partial charge in [-0.2, -0.15) is 13.2 Å². The number of alkyl halides is 3. The number of hydrogen-bond acceptors (Lipinski definition) is 3. The van der Waals surface area contributed by atoms with Gasteiger partial charge in [-0.25, -0.2) is 0 Å². The van der Waals surface area contributed by atoms with Crippen LogP contribution in [0, 0.1) is 0 Å². The van der Waals surface area contributed by atoms with E-state index in [4.69, 9.17) is 0 Å². The Morgan fingerprint density at radius 1 is 1.17 bits per heavy atom. The molecule has 0 bridgehead atoms. The lowest BCUT2D eigenvalue weighted by atomic mass is 10.1. The molecule has 0 unspecified atom stereocenters. The van der Waals surface area contributed by atoms with Gasteiger partial charge < -0.3 is 15.4 Å². The third-order valence-electron chi connectivity index (χ3n) is 1.73. The first kappa shape index (κ1) is 17.2. The van der Waals surface area contributed by atoms with Crippen LogP contribution in [0.25, 0.3) is 0 Å². The van der Waals surface area contributed by atoms with Crippen LogP contribution in [-0.4, -0.2) is 43.9 Å². The van der Waals surface area contributed by atoms with E-state index in [1.807, 2.05) is 20.8 Å². The molecular formula is C11H21F3N2O2. The number of amides is 1. The van der Waals surface area contributed by atoms with Crippen molar-refractivity contribution in [1.29, 1.82) is 0 Å². The fourth-order valence-electron chi connectivity index (χ4n) is 1.14. The lowest BCUT2D eigenvalue weighted by Gasteiger charge is -2.20. The van der Waals surface area contributed by atoms with Crippen LogP contribution < -0.4 is 10.6 Å². The number of ether oxygens (including phenoxy) is 1. The van der Waals surface area contributed by atoms with Crippen molar-refractivity contribution in [3.05, 3.63) is 0 Å². The Balaban J connectivity index is 3.39. The molecule has 1 amide bonds. The van der Waals surface area contributed by atoms with E-state index >= 15 is 0 Å². The van der Waals surface area contributed by atoms with Gasteiger partial charge in [-0.15, -0.1) is 0 Å². The van der Waals surface area contributed by atoms with E-state index in [0.29, 0.717) is 13.1 Å². The third kappa shape index (κ3) is 13.2. The minimum Gasteiger partial charge on any atom is -0.371 e. The van der Waals surface area contributed by atoms with Gasteiger partial charge in [0.05, 0.1) is 6.61 Å². The van der Waals surface area contributed by atoms with Crippen molar-refractivity contribution in [3.63, 3.8) is 0 Å². The Hall–Kier alpha value is -0.820. The lowest BCUT2D eigenvalue weighted by molar-refractivity contribution is -0.173. The van der Waals surface area contributed by atoms with Crippen LogP contribution in [0.4, 0.5) is 13.2 Å². The summed E-state index contributed by atoms with van der Waals surface area (Å²) in [6, 6.07) is 0. The van der Waals surface area contributed by atoms with Gasteiger partial charge in [0.25, 0.3) is 0 Å². The zero-order valence-corrected chi connectivity index (χ0v) is 11.0. The fourth-order valence-corrected chi connectivity index (χ4v) is 1.14. The van der Waals surface area contributed by atoms with Gasteiger partial charge in [0.15, 0.2) is 0 Å². The van der Waals surface area contributed by atoms with Crippen molar-refractivity contribution in [2.24, 2.45) is 0 Å². The molecule has 0 aromatic rings. The molecule has 4 nitrogen and oxygen atoms in total. The van der Waals surface area contributed by atoms with Crippen molar-refractivity contribution in [1.82, 2.24) is 10.6 Å². The van der Waals surface area contributed by atoms with Gasteiger partial charge in [-0.05, 0) is 20.8 Å². The van der Waals surface area contributed by atoms with E-state index in [9.17, 15) is 18.0 Å². The zero-order chi connectivity index (χ0) is 14.2. The molecule has 7 heteroatoms. The molecule has 108 valence electrons. The van der Waals surface area contributed by atoms with Gasteiger partial charge in [-0.3, -0.25) is 4.79 Å². The van der Waals surface area contributed by atoms with E-state index in [1.54, 1.807) is 0 Å². The summed E-state index contributed by atoms with van der Waals surface area (Å²) in [6.45, 7) is 5.08. The molecule has 0 aromatic heterocycles. The average Bonchev–Trinajstić information content (AvgIpc) is 2.11. The Morgan fingerprint density at radius 3 is 2.28 bits per heavy atom. The predicted octanol–water partition coefficient (Wildman–Crippen LogP) is 1.46. The van der Waals surface area contributed by atoms with Gasteiger partial charge in [-0.1, -0.05) is 0 Å². The van der Waals surface area contributed by atoms with Crippen molar-refractivity contribution < 1.29 is 22.7 Å².